The number of methoxy groups -OCH3 is 1. The Morgan fingerprint density at radius 2 is 1.58 bits per heavy atom. The molecule has 0 radical (unpaired) electrons. The van der Waals surface area contributed by atoms with Crippen LogP contribution in [0.2, 0.25) is 0 Å². The fourth-order valence-corrected chi connectivity index (χ4v) is 3.18. The average molecular weight is 326 g/mol. The van der Waals surface area contributed by atoms with Crippen molar-refractivity contribution in [1.29, 1.82) is 0 Å². The summed E-state index contributed by atoms with van der Waals surface area (Å²) in [6.45, 7) is 5.39. The maximum atomic E-state index is 5.68. The molecule has 1 atom stereocenters. The van der Waals surface area contributed by atoms with Crippen LogP contribution in [0.1, 0.15) is 17.2 Å². The van der Waals surface area contributed by atoms with Gasteiger partial charge in [-0.1, -0.05) is 42.5 Å². The summed E-state index contributed by atoms with van der Waals surface area (Å²) in [5.41, 5.74) is 2.65. The molecule has 4 heteroatoms. The van der Waals surface area contributed by atoms with Gasteiger partial charge in [0.05, 0.1) is 12.6 Å². The highest BCUT2D eigenvalue weighted by molar-refractivity contribution is 5.35. The van der Waals surface area contributed by atoms with Crippen LogP contribution in [0, 0.1) is 0 Å². The molecular weight excluding hydrogens is 300 g/mol. The van der Waals surface area contributed by atoms with Crippen molar-refractivity contribution in [2.24, 2.45) is 0 Å². The standard InChI is InChI=1S/C20H26N2O2/c1-23-15-16-24-19-9-7-18(8-10-19)20(17-5-3-2-4-6-17)22-13-11-21-12-14-22/h2-10,20-21H,11-16H2,1H3. The quantitative estimate of drug-likeness (QED) is 0.793. The van der Waals surface area contributed by atoms with Crippen molar-refractivity contribution >= 4 is 0 Å². The molecule has 1 fully saturated rings. The molecule has 1 aliphatic rings. The predicted octanol–water partition coefficient (Wildman–Crippen LogP) is 2.71. The zero-order valence-electron chi connectivity index (χ0n) is 14.3. The van der Waals surface area contributed by atoms with Gasteiger partial charge in [0.15, 0.2) is 0 Å². The Hall–Kier alpha value is -1.88. The van der Waals surface area contributed by atoms with E-state index in [4.69, 9.17) is 9.47 Å². The van der Waals surface area contributed by atoms with Gasteiger partial charge in [-0.15, -0.1) is 0 Å². The van der Waals surface area contributed by atoms with E-state index >= 15 is 0 Å². The average Bonchev–Trinajstić information content (AvgIpc) is 2.65. The molecule has 0 amide bonds. The second-order valence-electron chi connectivity index (χ2n) is 6.01. The molecule has 2 aromatic carbocycles. The number of hydrogen-bond acceptors (Lipinski definition) is 4. The molecule has 0 aromatic heterocycles. The Balaban J connectivity index is 1.80. The third kappa shape index (κ3) is 4.35. The van der Waals surface area contributed by atoms with Crippen LogP contribution in [-0.2, 0) is 4.74 Å². The van der Waals surface area contributed by atoms with Crippen molar-refractivity contribution in [1.82, 2.24) is 10.2 Å². The third-order valence-corrected chi connectivity index (χ3v) is 4.38. The maximum Gasteiger partial charge on any atom is 0.119 e. The van der Waals surface area contributed by atoms with Crippen LogP contribution < -0.4 is 10.1 Å². The molecule has 24 heavy (non-hydrogen) atoms. The molecule has 1 saturated heterocycles. The lowest BCUT2D eigenvalue weighted by Gasteiger charge is -2.35. The minimum Gasteiger partial charge on any atom is -0.491 e. The summed E-state index contributed by atoms with van der Waals surface area (Å²) in [5, 5.41) is 3.44. The summed E-state index contributed by atoms with van der Waals surface area (Å²) in [7, 11) is 1.68. The molecule has 1 aliphatic heterocycles. The maximum absolute atomic E-state index is 5.68. The second-order valence-corrected chi connectivity index (χ2v) is 6.01. The Labute approximate surface area is 144 Å². The first-order valence-corrected chi connectivity index (χ1v) is 8.60. The van der Waals surface area contributed by atoms with Gasteiger partial charge in [0.25, 0.3) is 0 Å². The number of piperazine rings is 1. The van der Waals surface area contributed by atoms with Crippen LogP contribution in [0.3, 0.4) is 0 Å². The number of nitrogens with one attached hydrogen (secondary N) is 1. The molecule has 1 unspecified atom stereocenters. The van der Waals surface area contributed by atoms with Gasteiger partial charge in [-0.2, -0.15) is 0 Å². The Kier molecular flexibility index (Phi) is 6.24. The van der Waals surface area contributed by atoms with Crippen LogP contribution in [0.5, 0.6) is 5.75 Å². The van der Waals surface area contributed by atoms with Crippen LogP contribution in [-0.4, -0.2) is 51.4 Å². The third-order valence-electron chi connectivity index (χ3n) is 4.38. The first kappa shape index (κ1) is 17.0. The zero-order valence-corrected chi connectivity index (χ0v) is 14.3. The number of rotatable bonds is 7. The van der Waals surface area contributed by atoms with Gasteiger partial charge in [-0.3, -0.25) is 4.90 Å². The molecule has 0 spiro atoms. The predicted molar refractivity (Wildman–Crippen MR) is 96.5 cm³/mol. The Morgan fingerprint density at radius 1 is 0.917 bits per heavy atom. The first-order valence-electron chi connectivity index (χ1n) is 8.60. The number of ether oxygens (including phenoxy) is 2. The Morgan fingerprint density at radius 3 is 2.25 bits per heavy atom. The minimum atomic E-state index is 0.293. The normalized spacial score (nSPS) is 16.7. The van der Waals surface area contributed by atoms with Gasteiger partial charge in [-0.05, 0) is 23.3 Å². The van der Waals surface area contributed by atoms with Gasteiger partial charge in [0.1, 0.15) is 12.4 Å². The van der Waals surface area contributed by atoms with E-state index in [1.807, 2.05) is 0 Å². The van der Waals surface area contributed by atoms with E-state index in [0.29, 0.717) is 19.3 Å². The van der Waals surface area contributed by atoms with Crippen molar-refractivity contribution in [2.75, 3.05) is 46.5 Å². The fraction of sp³-hybridized carbons (Fsp3) is 0.400. The van der Waals surface area contributed by atoms with E-state index in [0.717, 1.165) is 31.9 Å². The van der Waals surface area contributed by atoms with Gasteiger partial charge in [-0.25, -0.2) is 0 Å². The van der Waals surface area contributed by atoms with Gasteiger partial charge < -0.3 is 14.8 Å². The van der Waals surface area contributed by atoms with Crippen molar-refractivity contribution in [3.8, 4) is 5.75 Å². The highest BCUT2D eigenvalue weighted by Crippen LogP contribution is 2.30. The summed E-state index contributed by atoms with van der Waals surface area (Å²) in [6, 6.07) is 19.5. The van der Waals surface area contributed by atoms with Gasteiger partial charge in [0.2, 0.25) is 0 Å². The zero-order chi connectivity index (χ0) is 16.6. The smallest absolute Gasteiger partial charge is 0.119 e. The van der Waals surface area contributed by atoms with Crippen LogP contribution in [0.25, 0.3) is 0 Å². The molecule has 0 aliphatic carbocycles. The summed E-state index contributed by atoms with van der Waals surface area (Å²) in [4.78, 5) is 2.55. The second kappa shape index (κ2) is 8.83. The van der Waals surface area contributed by atoms with Crippen molar-refractivity contribution in [3.63, 3.8) is 0 Å². The minimum absolute atomic E-state index is 0.293. The van der Waals surface area contributed by atoms with Crippen molar-refractivity contribution in [2.45, 2.75) is 6.04 Å². The summed E-state index contributed by atoms with van der Waals surface area (Å²) < 4.78 is 10.7. The fourth-order valence-electron chi connectivity index (χ4n) is 3.18. The Bertz CT molecular complexity index is 595. The monoisotopic (exact) mass is 326 g/mol. The first-order chi connectivity index (χ1) is 11.9. The topological polar surface area (TPSA) is 33.7 Å². The number of hydrogen-bond donors (Lipinski definition) is 1. The van der Waals surface area contributed by atoms with Gasteiger partial charge in [0, 0.05) is 33.3 Å². The van der Waals surface area contributed by atoms with Crippen molar-refractivity contribution < 1.29 is 9.47 Å². The lowest BCUT2D eigenvalue weighted by atomic mass is 9.96. The molecule has 3 rings (SSSR count). The summed E-state index contributed by atoms with van der Waals surface area (Å²) >= 11 is 0. The SMILES string of the molecule is COCCOc1ccc(C(c2ccccc2)N2CCNCC2)cc1. The van der Waals surface area contributed by atoms with E-state index in [1.165, 1.54) is 11.1 Å². The molecule has 0 saturated carbocycles. The molecular formula is C20H26N2O2. The summed E-state index contributed by atoms with van der Waals surface area (Å²) in [6.07, 6.45) is 0. The van der Waals surface area contributed by atoms with E-state index in [2.05, 4.69) is 64.8 Å². The van der Waals surface area contributed by atoms with E-state index < -0.39 is 0 Å². The van der Waals surface area contributed by atoms with Crippen LogP contribution in [0.15, 0.2) is 54.6 Å². The number of benzene rings is 2. The molecule has 4 nitrogen and oxygen atoms in total. The summed E-state index contributed by atoms with van der Waals surface area (Å²) in [5.74, 6) is 0.892. The van der Waals surface area contributed by atoms with E-state index in [9.17, 15) is 0 Å². The van der Waals surface area contributed by atoms with E-state index in [-0.39, 0.29) is 0 Å². The van der Waals surface area contributed by atoms with Crippen LogP contribution in [0.4, 0.5) is 0 Å². The largest absolute Gasteiger partial charge is 0.491 e. The number of nitrogens with zero attached hydrogens (tertiary/aromatic N) is 1. The molecule has 2 aromatic rings. The van der Waals surface area contributed by atoms with Crippen LogP contribution >= 0.6 is 0 Å². The highest BCUT2D eigenvalue weighted by Gasteiger charge is 2.23. The lowest BCUT2D eigenvalue weighted by Crippen LogP contribution is -2.45. The van der Waals surface area contributed by atoms with Crippen molar-refractivity contribution in [3.05, 3.63) is 65.7 Å². The van der Waals surface area contributed by atoms with E-state index in [1.54, 1.807) is 7.11 Å². The molecule has 1 N–H and O–H groups in total. The molecule has 128 valence electrons. The lowest BCUT2D eigenvalue weighted by molar-refractivity contribution is 0.146. The van der Waals surface area contributed by atoms with Gasteiger partial charge >= 0.3 is 0 Å². The molecule has 0 bridgehead atoms. The molecule has 1 heterocycles. The highest BCUT2D eigenvalue weighted by atomic mass is 16.5.